The van der Waals surface area contributed by atoms with Gasteiger partial charge in [-0.1, -0.05) is 65.1 Å². The van der Waals surface area contributed by atoms with Crippen LogP contribution in [0.25, 0.3) is 0 Å². The number of nitro benzene ring substituents is 1. The summed E-state index contributed by atoms with van der Waals surface area (Å²) in [6, 6.07) is 16.4. The minimum Gasteiger partial charge on any atom is -0.272 e. The van der Waals surface area contributed by atoms with Crippen LogP contribution in [0.3, 0.4) is 0 Å². The summed E-state index contributed by atoms with van der Waals surface area (Å²) >= 11 is 18.1. The van der Waals surface area contributed by atoms with Crippen molar-refractivity contribution in [2.75, 3.05) is 6.54 Å². The zero-order valence-electron chi connectivity index (χ0n) is 17.8. The number of sulfonamides is 1. The molecule has 0 radical (unpaired) electrons. The summed E-state index contributed by atoms with van der Waals surface area (Å²) in [7, 11) is -4.24. The molecule has 0 fully saturated rings. The zero-order valence-corrected chi connectivity index (χ0v) is 20.9. The fourth-order valence-corrected chi connectivity index (χ4v) is 5.23. The molecule has 3 aromatic rings. The average molecular weight is 556 g/mol. The molecule has 0 unspecified atom stereocenters. The zero-order chi connectivity index (χ0) is 25.6. The summed E-state index contributed by atoms with van der Waals surface area (Å²) in [6.45, 7) is -0.722. The highest BCUT2D eigenvalue weighted by Crippen LogP contribution is 2.28. The van der Waals surface area contributed by atoms with Crippen LogP contribution in [0, 0.1) is 10.1 Å². The second-order valence-corrected chi connectivity index (χ2v) is 10.2. The van der Waals surface area contributed by atoms with Gasteiger partial charge in [0, 0.05) is 34.3 Å². The number of nitrogens with one attached hydrogen (secondary N) is 1. The van der Waals surface area contributed by atoms with Crippen LogP contribution in [0.5, 0.6) is 0 Å². The Morgan fingerprint density at radius 2 is 1.71 bits per heavy atom. The van der Waals surface area contributed by atoms with Gasteiger partial charge in [-0.2, -0.15) is 9.41 Å². The first-order chi connectivity index (χ1) is 16.6. The van der Waals surface area contributed by atoms with E-state index < -0.39 is 27.4 Å². The van der Waals surface area contributed by atoms with Crippen LogP contribution >= 0.6 is 34.8 Å². The number of amides is 1. The van der Waals surface area contributed by atoms with E-state index in [-0.39, 0.29) is 37.8 Å². The van der Waals surface area contributed by atoms with Gasteiger partial charge in [-0.05, 0) is 29.8 Å². The molecular formula is C22H17Cl3N4O5S. The normalized spacial score (nSPS) is 11.7. The molecule has 0 aromatic heterocycles. The molecule has 182 valence electrons. The molecule has 3 aromatic carbocycles. The Hall–Kier alpha value is -3.02. The van der Waals surface area contributed by atoms with E-state index in [4.69, 9.17) is 34.8 Å². The van der Waals surface area contributed by atoms with Crippen LogP contribution in [0.4, 0.5) is 5.69 Å². The molecule has 0 saturated carbocycles. The minimum atomic E-state index is -4.24. The second-order valence-electron chi connectivity index (χ2n) is 7.09. The van der Waals surface area contributed by atoms with E-state index in [9.17, 15) is 23.3 Å². The first-order valence-electron chi connectivity index (χ1n) is 9.83. The van der Waals surface area contributed by atoms with Crippen molar-refractivity contribution in [1.29, 1.82) is 0 Å². The molecular weight excluding hydrogens is 539 g/mol. The maximum absolute atomic E-state index is 13.4. The van der Waals surface area contributed by atoms with Crippen molar-refractivity contribution in [3.8, 4) is 0 Å². The standard InChI is InChI=1S/C22H17Cl3N4O5S/c23-17-6-8-20(25)21(11-17)35(33,34)28(13-15-4-2-1-3-5-15)14-22(30)27-26-12-16-10-18(29(31)32)7-9-19(16)24/h1-12H,13-14H2,(H,27,30)/b26-12-. The van der Waals surface area contributed by atoms with Crippen molar-refractivity contribution in [3.63, 3.8) is 0 Å². The predicted molar refractivity (Wildman–Crippen MR) is 134 cm³/mol. The first kappa shape index (κ1) is 26.6. The molecule has 0 saturated heterocycles. The largest absolute Gasteiger partial charge is 0.272 e. The maximum Gasteiger partial charge on any atom is 0.270 e. The number of hydrogen-bond acceptors (Lipinski definition) is 6. The number of carbonyl (C=O) groups is 1. The first-order valence-corrected chi connectivity index (χ1v) is 12.4. The Morgan fingerprint density at radius 1 is 1.03 bits per heavy atom. The quantitative estimate of drug-likeness (QED) is 0.229. The highest BCUT2D eigenvalue weighted by Gasteiger charge is 2.29. The van der Waals surface area contributed by atoms with Crippen molar-refractivity contribution in [1.82, 2.24) is 9.73 Å². The monoisotopic (exact) mass is 554 g/mol. The lowest BCUT2D eigenvalue weighted by atomic mass is 10.2. The van der Waals surface area contributed by atoms with Gasteiger partial charge < -0.3 is 0 Å². The molecule has 0 aliphatic rings. The molecule has 0 bridgehead atoms. The van der Waals surface area contributed by atoms with Crippen LogP contribution in [-0.2, 0) is 21.4 Å². The van der Waals surface area contributed by atoms with Gasteiger partial charge >= 0.3 is 0 Å². The topological polar surface area (TPSA) is 122 Å². The lowest BCUT2D eigenvalue weighted by Crippen LogP contribution is -2.39. The Morgan fingerprint density at radius 3 is 2.40 bits per heavy atom. The van der Waals surface area contributed by atoms with Crippen LogP contribution < -0.4 is 5.43 Å². The second kappa shape index (κ2) is 11.6. The van der Waals surface area contributed by atoms with Gasteiger partial charge in [-0.3, -0.25) is 14.9 Å². The van der Waals surface area contributed by atoms with Crippen molar-refractivity contribution in [2.24, 2.45) is 5.10 Å². The Balaban J connectivity index is 1.83. The lowest BCUT2D eigenvalue weighted by Gasteiger charge is -2.22. The maximum atomic E-state index is 13.4. The molecule has 3 rings (SSSR count). The summed E-state index contributed by atoms with van der Waals surface area (Å²) in [4.78, 5) is 22.7. The van der Waals surface area contributed by atoms with Crippen LogP contribution in [0.15, 0.2) is 76.7 Å². The minimum absolute atomic E-state index is 0.0498. The van der Waals surface area contributed by atoms with E-state index in [1.54, 1.807) is 30.3 Å². The number of nitrogens with zero attached hydrogens (tertiary/aromatic N) is 3. The molecule has 0 aliphatic carbocycles. The third kappa shape index (κ3) is 7.00. The van der Waals surface area contributed by atoms with E-state index in [0.717, 1.165) is 10.5 Å². The highest BCUT2D eigenvalue weighted by molar-refractivity contribution is 7.89. The number of hydrogen-bond donors (Lipinski definition) is 1. The van der Waals surface area contributed by atoms with Gasteiger partial charge in [0.25, 0.3) is 11.6 Å². The fraction of sp³-hybridized carbons (Fsp3) is 0.0909. The van der Waals surface area contributed by atoms with E-state index in [0.29, 0.717) is 5.56 Å². The third-order valence-corrected chi connectivity index (χ3v) is 7.47. The average Bonchev–Trinajstić information content (AvgIpc) is 2.81. The molecule has 0 heterocycles. The van der Waals surface area contributed by atoms with Gasteiger partial charge in [0.2, 0.25) is 10.0 Å². The van der Waals surface area contributed by atoms with Crippen LogP contribution in [-0.4, -0.2) is 36.3 Å². The summed E-state index contributed by atoms with van der Waals surface area (Å²) in [5.74, 6) is -0.763. The van der Waals surface area contributed by atoms with Gasteiger partial charge in [-0.25, -0.2) is 13.8 Å². The van der Waals surface area contributed by atoms with Gasteiger partial charge in [0.1, 0.15) is 4.90 Å². The van der Waals surface area contributed by atoms with Crippen molar-refractivity contribution in [2.45, 2.75) is 11.4 Å². The predicted octanol–water partition coefficient (Wildman–Crippen LogP) is 4.90. The molecule has 9 nitrogen and oxygen atoms in total. The molecule has 35 heavy (non-hydrogen) atoms. The Bertz CT molecular complexity index is 1390. The number of carbonyl (C=O) groups excluding carboxylic acids is 1. The van der Waals surface area contributed by atoms with Gasteiger partial charge in [0.15, 0.2) is 0 Å². The number of nitro groups is 1. The van der Waals surface area contributed by atoms with E-state index in [1.165, 1.54) is 36.4 Å². The number of non-ortho nitro benzene ring substituents is 1. The smallest absolute Gasteiger partial charge is 0.270 e. The van der Waals surface area contributed by atoms with Crippen LogP contribution in [0.1, 0.15) is 11.1 Å². The number of hydrazone groups is 1. The Labute approximate surface area is 216 Å². The molecule has 0 aliphatic heterocycles. The van der Waals surface area contributed by atoms with E-state index in [1.807, 2.05) is 0 Å². The SMILES string of the molecule is O=C(CN(Cc1ccccc1)S(=O)(=O)c1cc(Cl)ccc1Cl)N/N=C\c1cc([N+](=O)[O-])ccc1Cl. The Kier molecular flexibility index (Phi) is 8.82. The summed E-state index contributed by atoms with van der Waals surface area (Å²) in [5.41, 5.74) is 2.83. The molecule has 1 N–H and O–H groups in total. The molecule has 0 atom stereocenters. The molecule has 0 spiro atoms. The van der Waals surface area contributed by atoms with Gasteiger partial charge in [-0.15, -0.1) is 0 Å². The summed E-state index contributed by atoms with van der Waals surface area (Å²) in [6.07, 6.45) is 1.12. The summed E-state index contributed by atoms with van der Waals surface area (Å²) < 4.78 is 27.7. The number of benzene rings is 3. The summed E-state index contributed by atoms with van der Waals surface area (Å²) in [5, 5.41) is 15.0. The van der Waals surface area contributed by atoms with E-state index >= 15 is 0 Å². The number of halogens is 3. The highest BCUT2D eigenvalue weighted by atomic mass is 35.5. The molecule has 1 amide bonds. The fourth-order valence-electron chi connectivity index (χ4n) is 2.94. The van der Waals surface area contributed by atoms with Crippen molar-refractivity contribution < 1.29 is 18.1 Å². The van der Waals surface area contributed by atoms with Gasteiger partial charge in [0.05, 0.1) is 22.7 Å². The van der Waals surface area contributed by atoms with Crippen LogP contribution in [0.2, 0.25) is 15.1 Å². The third-order valence-electron chi connectivity index (χ3n) is 4.62. The lowest BCUT2D eigenvalue weighted by molar-refractivity contribution is -0.384. The van der Waals surface area contributed by atoms with Crippen molar-refractivity contribution in [3.05, 3.63) is 103 Å². The molecule has 13 heteroatoms. The van der Waals surface area contributed by atoms with E-state index in [2.05, 4.69) is 10.5 Å². The number of rotatable bonds is 9. The van der Waals surface area contributed by atoms with Crippen molar-refractivity contribution >= 4 is 62.6 Å².